The summed E-state index contributed by atoms with van der Waals surface area (Å²) in [5, 5.41) is 4.26. The SMILES string of the molecule is C=CS1(C=C)CCCC1. The number of rotatable bonds is 2. The first-order valence-electron chi connectivity index (χ1n) is 3.37. The molecule has 0 radical (unpaired) electrons. The second-order valence-electron chi connectivity index (χ2n) is 2.46. The normalized spacial score (nSPS) is 27.1. The largest absolute Gasteiger partial charge is 0.202 e. The topological polar surface area (TPSA) is 0 Å². The van der Waals surface area contributed by atoms with E-state index in [4.69, 9.17) is 0 Å². The minimum Gasteiger partial charge on any atom is -0.202 e. The summed E-state index contributed by atoms with van der Waals surface area (Å²) in [5.74, 6) is 2.69. The molecule has 0 saturated carbocycles. The quantitative estimate of drug-likeness (QED) is 0.556. The lowest BCUT2D eigenvalue weighted by molar-refractivity contribution is 0.949. The third-order valence-electron chi connectivity index (χ3n) is 1.96. The van der Waals surface area contributed by atoms with Gasteiger partial charge in [0.25, 0.3) is 0 Å². The molecular weight excluding hydrogens is 128 g/mol. The Morgan fingerprint density at radius 2 is 1.44 bits per heavy atom. The predicted octanol–water partition coefficient (Wildman–Crippen LogP) is 2.87. The van der Waals surface area contributed by atoms with Crippen molar-refractivity contribution in [2.24, 2.45) is 0 Å². The van der Waals surface area contributed by atoms with Crippen LogP contribution in [0.4, 0.5) is 0 Å². The van der Waals surface area contributed by atoms with Gasteiger partial charge in [-0.2, -0.15) is 0 Å². The smallest absolute Gasteiger partial charge is 0.0159 e. The summed E-state index contributed by atoms with van der Waals surface area (Å²) in [6.45, 7) is 7.70. The maximum absolute atomic E-state index is 3.85. The van der Waals surface area contributed by atoms with Gasteiger partial charge in [-0.25, -0.2) is 10.0 Å². The van der Waals surface area contributed by atoms with Crippen molar-refractivity contribution in [3.05, 3.63) is 24.0 Å². The van der Waals surface area contributed by atoms with Crippen LogP contribution in [0.25, 0.3) is 0 Å². The van der Waals surface area contributed by atoms with Crippen LogP contribution in [0.2, 0.25) is 0 Å². The van der Waals surface area contributed by atoms with E-state index in [9.17, 15) is 0 Å². The van der Waals surface area contributed by atoms with Gasteiger partial charge < -0.3 is 0 Å². The molecule has 1 aliphatic rings. The number of hydrogen-bond acceptors (Lipinski definition) is 0. The molecule has 0 unspecified atom stereocenters. The Morgan fingerprint density at radius 1 is 1.00 bits per heavy atom. The van der Waals surface area contributed by atoms with Crippen molar-refractivity contribution in [1.29, 1.82) is 0 Å². The van der Waals surface area contributed by atoms with E-state index in [0.29, 0.717) is 0 Å². The third kappa shape index (κ3) is 1.21. The molecule has 1 heterocycles. The van der Waals surface area contributed by atoms with E-state index in [-0.39, 0.29) is 0 Å². The second-order valence-corrected chi connectivity index (χ2v) is 5.95. The van der Waals surface area contributed by atoms with Gasteiger partial charge in [0.15, 0.2) is 0 Å². The minimum absolute atomic E-state index is 0.509. The Balaban J connectivity index is 2.66. The lowest BCUT2D eigenvalue weighted by Gasteiger charge is -2.25. The Labute approximate surface area is 59.0 Å². The van der Waals surface area contributed by atoms with Gasteiger partial charge in [-0.1, -0.05) is 24.0 Å². The third-order valence-corrected chi connectivity index (χ3v) is 5.39. The van der Waals surface area contributed by atoms with Gasteiger partial charge in [0.2, 0.25) is 0 Å². The molecule has 1 rings (SSSR count). The highest BCUT2D eigenvalue weighted by molar-refractivity contribution is 8.38. The first kappa shape index (κ1) is 6.94. The summed E-state index contributed by atoms with van der Waals surface area (Å²) in [4.78, 5) is 0. The van der Waals surface area contributed by atoms with Crippen LogP contribution in [0.3, 0.4) is 0 Å². The molecule has 0 amide bonds. The molecule has 1 heteroatoms. The first-order chi connectivity index (χ1) is 4.33. The highest BCUT2D eigenvalue weighted by Crippen LogP contribution is 2.55. The summed E-state index contributed by atoms with van der Waals surface area (Å²) >= 11 is 0. The van der Waals surface area contributed by atoms with E-state index in [1.54, 1.807) is 0 Å². The summed E-state index contributed by atoms with van der Waals surface area (Å²) < 4.78 is 0. The molecule has 0 aromatic heterocycles. The zero-order chi connectivity index (χ0) is 6.74. The van der Waals surface area contributed by atoms with E-state index in [1.807, 2.05) is 0 Å². The van der Waals surface area contributed by atoms with E-state index < -0.39 is 10.0 Å². The highest BCUT2D eigenvalue weighted by atomic mass is 32.3. The molecular formula is C8H14S. The fourth-order valence-corrected chi connectivity index (χ4v) is 3.74. The lowest BCUT2D eigenvalue weighted by atomic mass is 10.4. The number of hydrogen-bond donors (Lipinski definition) is 0. The highest BCUT2D eigenvalue weighted by Gasteiger charge is 2.20. The Hall–Kier alpha value is -0.170. The molecule has 52 valence electrons. The summed E-state index contributed by atoms with van der Waals surface area (Å²) in [6, 6.07) is 0. The van der Waals surface area contributed by atoms with Gasteiger partial charge in [0.1, 0.15) is 0 Å². The predicted molar refractivity (Wildman–Crippen MR) is 47.0 cm³/mol. The van der Waals surface area contributed by atoms with Crippen molar-refractivity contribution in [1.82, 2.24) is 0 Å². The van der Waals surface area contributed by atoms with Crippen molar-refractivity contribution < 1.29 is 0 Å². The van der Waals surface area contributed by atoms with Gasteiger partial charge in [0.05, 0.1) is 0 Å². The van der Waals surface area contributed by atoms with Crippen molar-refractivity contribution in [3.8, 4) is 0 Å². The Kier molecular flexibility index (Phi) is 2.01. The Bertz CT molecular complexity index is 111. The van der Waals surface area contributed by atoms with Crippen molar-refractivity contribution in [2.75, 3.05) is 11.5 Å². The molecule has 9 heavy (non-hydrogen) atoms. The van der Waals surface area contributed by atoms with Crippen LogP contribution in [0.5, 0.6) is 0 Å². The van der Waals surface area contributed by atoms with Gasteiger partial charge in [0, 0.05) is 0 Å². The zero-order valence-electron chi connectivity index (χ0n) is 5.81. The van der Waals surface area contributed by atoms with Crippen LogP contribution in [-0.2, 0) is 0 Å². The molecule has 1 saturated heterocycles. The molecule has 0 atom stereocenters. The van der Waals surface area contributed by atoms with E-state index in [2.05, 4.69) is 24.0 Å². The van der Waals surface area contributed by atoms with E-state index in [0.717, 1.165) is 0 Å². The minimum atomic E-state index is -0.509. The van der Waals surface area contributed by atoms with Crippen LogP contribution in [0, 0.1) is 0 Å². The first-order valence-corrected chi connectivity index (χ1v) is 5.46. The van der Waals surface area contributed by atoms with Crippen LogP contribution in [0.15, 0.2) is 24.0 Å². The van der Waals surface area contributed by atoms with Crippen molar-refractivity contribution in [3.63, 3.8) is 0 Å². The monoisotopic (exact) mass is 142 g/mol. The van der Waals surface area contributed by atoms with Crippen LogP contribution in [0.1, 0.15) is 12.8 Å². The summed E-state index contributed by atoms with van der Waals surface area (Å²) in [7, 11) is -0.509. The van der Waals surface area contributed by atoms with Gasteiger partial charge >= 0.3 is 0 Å². The van der Waals surface area contributed by atoms with E-state index in [1.165, 1.54) is 24.3 Å². The fraction of sp³-hybridized carbons (Fsp3) is 0.500. The fourth-order valence-electron chi connectivity index (χ4n) is 1.25. The molecule has 0 aromatic rings. The molecule has 0 nitrogen and oxygen atoms in total. The second kappa shape index (κ2) is 2.61. The average Bonchev–Trinajstić information content (AvgIpc) is 2.36. The van der Waals surface area contributed by atoms with Gasteiger partial charge in [-0.3, -0.25) is 0 Å². The molecule has 1 fully saturated rings. The Morgan fingerprint density at radius 3 is 1.67 bits per heavy atom. The molecule has 0 N–H and O–H groups in total. The molecule has 0 spiro atoms. The van der Waals surface area contributed by atoms with Crippen LogP contribution < -0.4 is 0 Å². The molecule has 0 aromatic carbocycles. The van der Waals surface area contributed by atoms with Crippen molar-refractivity contribution in [2.45, 2.75) is 12.8 Å². The lowest BCUT2D eigenvalue weighted by Crippen LogP contribution is -1.90. The summed E-state index contributed by atoms with van der Waals surface area (Å²) in [6.07, 6.45) is 2.76. The molecule has 0 aliphatic carbocycles. The van der Waals surface area contributed by atoms with Gasteiger partial charge in [-0.15, -0.1) is 0 Å². The molecule has 0 bridgehead atoms. The van der Waals surface area contributed by atoms with Crippen LogP contribution in [-0.4, -0.2) is 11.5 Å². The maximum Gasteiger partial charge on any atom is -0.0159 e. The summed E-state index contributed by atoms with van der Waals surface area (Å²) in [5.41, 5.74) is 0. The van der Waals surface area contributed by atoms with E-state index >= 15 is 0 Å². The van der Waals surface area contributed by atoms with Gasteiger partial charge in [-0.05, 0) is 24.3 Å². The maximum atomic E-state index is 3.85. The molecule has 1 aliphatic heterocycles. The zero-order valence-corrected chi connectivity index (χ0v) is 6.62. The van der Waals surface area contributed by atoms with Crippen molar-refractivity contribution >= 4 is 10.0 Å². The average molecular weight is 142 g/mol. The standard InChI is InChI=1S/C8H14S/c1-3-9(4-2)7-5-6-8-9/h3-4H,1-2,5-8H2. The van der Waals surface area contributed by atoms with Crippen LogP contribution >= 0.6 is 10.0 Å².